The van der Waals surface area contributed by atoms with E-state index in [0.717, 1.165) is 31.9 Å². The second-order valence-corrected chi connectivity index (χ2v) is 6.41. The zero-order valence-electron chi connectivity index (χ0n) is 12.6. The van der Waals surface area contributed by atoms with E-state index in [4.69, 9.17) is 4.74 Å². The lowest BCUT2D eigenvalue weighted by Gasteiger charge is -2.43. The summed E-state index contributed by atoms with van der Waals surface area (Å²) in [5.74, 6) is 0.944. The minimum absolute atomic E-state index is 0.298. The molecule has 1 atom stereocenters. The Morgan fingerprint density at radius 1 is 1.37 bits per heavy atom. The molecule has 0 radical (unpaired) electrons. The lowest BCUT2D eigenvalue weighted by molar-refractivity contribution is 0.0688. The molecular weight excluding hydrogens is 236 g/mol. The third-order valence-electron chi connectivity index (χ3n) is 3.87. The minimum Gasteiger partial charge on any atom is -0.497 e. The van der Waals surface area contributed by atoms with Crippen LogP contribution >= 0.6 is 0 Å². The number of nitrogens with one attached hydrogen (secondary N) is 1. The van der Waals surface area contributed by atoms with Gasteiger partial charge in [0.05, 0.1) is 7.11 Å². The van der Waals surface area contributed by atoms with Crippen molar-refractivity contribution in [3.05, 3.63) is 29.8 Å². The van der Waals surface area contributed by atoms with Crippen LogP contribution in [-0.4, -0.2) is 37.7 Å². The first kappa shape index (κ1) is 14.4. The topological polar surface area (TPSA) is 24.5 Å². The molecule has 1 fully saturated rings. The van der Waals surface area contributed by atoms with Gasteiger partial charge in [0.15, 0.2) is 0 Å². The molecule has 1 N–H and O–H groups in total. The summed E-state index contributed by atoms with van der Waals surface area (Å²) in [5, 5.41) is 3.51. The summed E-state index contributed by atoms with van der Waals surface area (Å²) in [6.45, 7) is 11.2. The monoisotopic (exact) mass is 262 g/mol. The molecule has 3 heteroatoms. The molecule has 106 valence electrons. The summed E-state index contributed by atoms with van der Waals surface area (Å²) >= 11 is 0. The average Bonchev–Trinajstić information content (AvgIpc) is 2.38. The first-order chi connectivity index (χ1) is 9.00. The van der Waals surface area contributed by atoms with Gasteiger partial charge in [0, 0.05) is 32.2 Å². The molecule has 0 amide bonds. The van der Waals surface area contributed by atoms with Crippen LogP contribution in [0.25, 0.3) is 0 Å². The Bertz CT molecular complexity index is 411. The molecule has 2 rings (SSSR count). The van der Waals surface area contributed by atoms with Crippen molar-refractivity contribution in [1.82, 2.24) is 10.2 Å². The fourth-order valence-electron chi connectivity index (χ4n) is 2.79. The average molecular weight is 262 g/mol. The van der Waals surface area contributed by atoms with Gasteiger partial charge in [0.25, 0.3) is 0 Å². The van der Waals surface area contributed by atoms with Gasteiger partial charge in [-0.2, -0.15) is 0 Å². The van der Waals surface area contributed by atoms with Crippen LogP contribution in [0.5, 0.6) is 5.75 Å². The van der Waals surface area contributed by atoms with E-state index in [1.54, 1.807) is 7.11 Å². The van der Waals surface area contributed by atoms with E-state index in [9.17, 15) is 0 Å². The van der Waals surface area contributed by atoms with E-state index in [1.165, 1.54) is 5.56 Å². The molecule has 0 aromatic heterocycles. The molecule has 1 saturated heterocycles. The molecular formula is C16H26N2O. The molecule has 1 aromatic rings. The largest absolute Gasteiger partial charge is 0.497 e. The van der Waals surface area contributed by atoms with Crippen LogP contribution in [0.4, 0.5) is 0 Å². The van der Waals surface area contributed by atoms with Gasteiger partial charge in [-0.05, 0) is 23.1 Å². The van der Waals surface area contributed by atoms with Crippen LogP contribution in [0.1, 0.15) is 26.3 Å². The Morgan fingerprint density at radius 3 is 2.84 bits per heavy atom. The Labute approximate surface area is 116 Å². The van der Waals surface area contributed by atoms with E-state index >= 15 is 0 Å². The maximum atomic E-state index is 5.31. The van der Waals surface area contributed by atoms with Crippen LogP contribution in [-0.2, 0) is 6.54 Å². The molecule has 1 aliphatic rings. The van der Waals surface area contributed by atoms with Crippen molar-refractivity contribution >= 4 is 0 Å². The molecule has 0 aliphatic carbocycles. The van der Waals surface area contributed by atoms with Crippen molar-refractivity contribution in [2.45, 2.75) is 33.4 Å². The summed E-state index contributed by atoms with van der Waals surface area (Å²) < 4.78 is 5.31. The van der Waals surface area contributed by atoms with Gasteiger partial charge in [-0.25, -0.2) is 0 Å². The quantitative estimate of drug-likeness (QED) is 0.906. The molecule has 19 heavy (non-hydrogen) atoms. The molecule has 1 aliphatic heterocycles. The van der Waals surface area contributed by atoms with E-state index in [2.05, 4.69) is 49.2 Å². The molecule has 1 aromatic carbocycles. The Hall–Kier alpha value is -1.06. The van der Waals surface area contributed by atoms with E-state index in [1.807, 2.05) is 6.07 Å². The fourth-order valence-corrected chi connectivity index (χ4v) is 2.79. The zero-order valence-corrected chi connectivity index (χ0v) is 12.6. The normalized spacial score (nSPS) is 21.4. The maximum Gasteiger partial charge on any atom is 0.119 e. The van der Waals surface area contributed by atoms with Gasteiger partial charge in [0.2, 0.25) is 0 Å². The number of nitrogens with zero attached hydrogens (tertiary/aromatic N) is 1. The van der Waals surface area contributed by atoms with Gasteiger partial charge < -0.3 is 10.1 Å². The van der Waals surface area contributed by atoms with Crippen molar-refractivity contribution < 1.29 is 4.74 Å². The first-order valence-electron chi connectivity index (χ1n) is 7.08. The van der Waals surface area contributed by atoms with Crippen LogP contribution in [0.2, 0.25) is 0 Å². The Kier molecular flexibility index (Phi) is 4.48. The number of rotatable bonds is 3. The van der Waals surface area contributed by atoms with Crippen molar-refractivity contribution in [3.8, 4) is 5.75 Å². The van der Waals surface area contributed by atoms with Crippen LogP contribution in [0.15, 0.2) is 24.3 Å². The second-order valence-electron chi connectivity index (χ2n) is 6.41. The number of ether oxygens (including phenoxy) is 1. The highest BCUT2D eigenvalue weighted by atomic mass is 16.5. The third kappa shape index (κ3) is 3.71. The number of hydrogen-bond donors (Lipinski definition) is 1. The number of hydrogen-bond acceptors (Lipinski definition) is 3. The third-order valence-corrected chi connectivity index (χ3v) is 3.87. The van der Waals surface area contributed by atoms with E-state index in [-0.39, 0.29) is 0 Å². The molecule has 0 saturated carbocycles. The highest BCUT2D eigenvalue weighted by Gasteiger charge is 2.32. The molecule has 0 bridgehead atoms. The van der Waals surface area contributed by atoms with Crippen molar-refractivity contribution in [1.29, 1.82) is 0 Å². The number of benzene rings is 1. The van der Waals surface area contributed by atoms with Crippen molar-refractivity contribution in [3.63, 3.8) is 0 Å². The number of piperazine rings is 1. The Balaban J connectivity index is 2.10. The highest BCUT2D eigenvalue weighted by molar-refractivity contribution is 5.28. The lowest BCUT2D eigenvalue weighted by Crippen LogP contribution is -2.56. The van der Waals surface area contributed by atoms with Crippen LogP contribution in [0.3, 0.4) is 0 Å². The van der Waals surface area contributed by atoms with Crippen LogP contribution < -0.4 is 10.1 Å². The summed E-state index contributed by atoms with van der Waals surface area (Å²) in [4.78, 5) is 2.59. The van der Waals surface area contributed by atoms with Crippen LogP contribution in [0, 0.1) is 5.41 Å². The van der Waals surface area contributed by atoms with Gasteiger partial charge in [-0.15, -0.1) is 0 Å². The highest BCUT2D eigenvalue weighted by Crippen LogP contribution is 2.27. The standard InChI is InChI=1S/C16H26N2O/c1-16(2,3)15-11-17-8-9-18(15)12-13-6-5-7-14(10-13)19-4/h5-7,10,15,17H,8-9,11-12H2,1-4H3. The lowest BCUT2D eigenvalue weighted by atomic mass is 9.84. The smallest absolute Gasteiger partial charge is 0.119 e. The molecule has 1 unspecified atom stereocenters. The first-order valence-corrected chi connectivity index (χ1v) is 7.08. The molecule has 1 heterocycles. The summed E-state index contributed by atoms with van der Waals surface area (Å²) in [6, 6.07) is 8.98. The SMILES string of the molecule is COc1cccc(CN2CCNCC2C(C)(C)C)c1. The van der Waals surface area contributed by atoms with E-state index < -0.39 is 0 Å². The van der Waals surface area contributed by atoms with Gasteiger partial charge in [-0.3, -0.25) is 4.90 Å². The minimum atomic E-state index is 0.298. The van der Waals surface area contributed by atoms with Crippen molar-refractivity contribution in [2.24, 2.45) is 5.41 Å². The number of methoxy groups -OCH3 is 1. The summed E-state index contributed by atoms with van der Waals surface area (Å²) in [5.41, 5.74) is 1.63. The molecule has 0 spiro atoms. The predicted octanol–water partition coefficient (Wildman–Crippen LogP) is 2.52. The van der Waals surface area contributed by atoms with Gasteiger partial charge in [-0.1, -0.05) is 32.9 Å². The Morgan fingerprint density at radius 2 is 2.16 bits per heavy atom. The van der Waals surface area contributed by atoms with Gasteiger partial charge in [0.1, 0.15) is 5.75 Å². The second kappa shape index (κ2) is 5.93. The summed E-state index contributed by atoms with van der Waals surface area (Å²) in [6.07, 6.45) is 0. The fraction of sp³-hybridized carbons (Fsp3) is 0.625. The predicted molar refractivity (Wildman–Crippen MR) is 79.5 cm³/mol. The van der Waals surface area contributed by atoms with Crippen molar-refractivity contribution in [2.75, 3.05) is 26.7 Å². The molecule has 3 nitrogen and oxygen atoms in total. The zero-order chi connectivity index (χ0) is 13.9. The summed E-state index contributed by atoms with van der Waals surface area (Å²) in [7, 11) is 1.72. The van der Waals surface area contributed by atoms with E-state index in [0.29, 0.717) is 11.5 Å². The van der Waals surface area contributed by atoms with Gasteiger partial charge >= 0.3 is 0 Å². The maximum absolute atomic E-state index is 5.31.